The second-order valence-electron chi connectivity index (χ2n) is 24.9. The fraction of sp³-hybridized carbons (Fsp3) is 0.0706. The highest BCUT2D eigenvalue weighted by Crippen LogP contribution is 2.53. The minimum absolute atomic E-state index is 0.147. The maximum atomic E-state index is 12.8. The Morgan fingerprint density at radius 1 is 0.281 bits per heavy atom. The summed E-state index contributed by atoms with van der Waals surface area (Å²) in [7, 11) is 0. The van der Waals surface area contributed by atoms with E-state index < -0.39 is 0 Å². The van der Waals surface area contributed by atoms with Gasteiger partial charge in [0.05, 0.1) is 16.7 Å². The first-order valence-corrected chi connectivity index (χ1v) is 30.8. The van der Waals surface area contributed by atoms with Crippen molar-refractivity contribution in [2.24, 2.45) is 0 Å². The molecule has 0 unspecified atom stereocenters. The van der Waals surface area contributed by atoms with E-state index in [1.807, 2.05) is 24.3 Å². The number of nitrogens with zero attached hydrogens (tertiary/aromatic N) is 3. The van der Waals surface area contributed by atoms with Crippen LogP contribution in [0, 0.1) is 0 Å². The summed E-state index contributed by atoms with van der Waals surface area (Å²) in [6.45, 7) is 9.39. The van der Waals surface area contributed by atoms with Gasteiger partial charge in [-0.1, -0.05) is 222 Å². The number of carbonyl (C=O) groups is 1. The summed E-state index contributed by atoms with van der Waals surface area (Å²) < 4.78 is 2.25. The van der Waals surface area contributed by atoms with Gasteiger partial charge in [-0.25, -0.2) is 0 Å². The number of fused-ring (bicyclic) bond motifs is 9. The van der Waals surface area contributed by atoms with Crippen LogP contribution in [0.4, 0.5) is 34.1 Å². The van der Waals surface area contributed by atoms with Crippen molar-refractivity contribution in [3.63, 3.8) is 0 Å². The number of hydrogen-bond acceptors (Lipinski definition) is 3. The predicted octanol–water partition coefficient (Wildman–Crippen LogP) is 22.8. The number of rotatable bonds is 12. The molecule has 1 aromatic heterocycles. The molecular formula is C85H63N3O. The second-order valence-corrected chi connectivity index (χ2v) is 24.9. The molecule has 14 aromatic rings. The Labute approximate surface area is 520 Å². The largest absolute Gasteiger partial charge is 0.310 e. The van der Waals surface area contributed by atoms with E-state index in [0.29, 0.717) is 5.56 Å². The summed E-state index contributed by atoms with van der Waals surface area (Å²) >= 11 is 0. The second kappa shape index (κ2) is 21.1. The SMILES string of the molecule is CC1(C)c2ccccc2-c2ccc(N(c3ccc(-c4ccccc4)cc3)c3ccc(-c4ccc5c(c4)c4cc(-c6ccc(N(c7ccc(-c8ccccc8)cc7)c7ccc8c(c7)C(C)(C)c7ccccc7-8)cc6)ccc4n5-c4ccccc4C=O)cc3)cc21. The van der Waals surface area contributed by atoms with Gasteiger partial charge in [0.15, 0.2) is 6.29 Å². The summed E-state index contributed by atoms with van der Waals surface area (Å²) in [5.74, 6) is 0. The van der Waals surface area contributed by atoms with E-state index >= 15 is 0 Å². The lowest BCUT2D eigenvalue weighted by Crippen LogP contribution is -2.16. The highest BCUT2D eigenvalue weighted by Gasteiger charge is 2.37. The van der Waals surface area contributed by atoms with Crippen molar-refractivity contribution < 1.29 is 4.79 Å². The number of carbonyl (C=O) groups excluding carboxylic acids is 1. The molecule has 0 saturated carbocycles. The standard InChI is InChI=1S/C85H63N3O/c1-84(2)77-24-14-12-22-71(77)73-47-45-69(53-79(73)84)86(65-37-27-58(28-38-65)56-17-7-5-8-18-56)67-41-31-60(32-42-67)62-35-49-82-75(51-62)76-52-63(36-50-83(76)88(82)81-26-16-11-21-64(81)55-89)61-33-43-68(44-34-61)87(66-39-29-59(30-40-66)57-19-9-6-10-20-57)70-46-48-74-72-23-13-15-25-78(72)85(3,4)80(74)54-70/h5-55H,1-4H3. The van der Waals surface area contributed by atoms with Gasteiger partial charge in [0.2, 0.25) is 0 Å². The Kier molecular flexibility index (Phi) is 12.7. The van der Waals surface area contributed by atoms with Crippen LogP contribution in [0.15, 0.2) is 303 Å². The lowest BCUT2D eigenvalue weighted by Gasteiger charge is -2.28. The van der Waals surface area contributed by atoms with Crippen molar-refractivity contribution >= 4 is 62.2 Å². The van der Waals surface area contributed by atoms with E-state index in [2.05, 4.69) is 321 Å². The van der Waals surface area contributed by atoms with Gasteiger partial charge < -0.3 is 14.4 Å². The average molecular weight is 1140 g/mol. The van der Waals surface area contributed by atoms with Crippen molar-refractivity contribution in [2.75, 3.05) is 9.80 Å². The van der Waals surface area contributed by atoms with E-state index in [4.69, 9.17) is 0 Å². The maximum Gasteiger partial charge on any atom is 0.152 e. The van der Waals surface area contributed by atoms with Gasteiger partial charge in [-0.2, -0.15) is 0 Å². The number of aldehydes is 1. The molecule has 424 valence electrons. The minimum Gasteiger partial charge on any atom is -0.310 e. The number of para-hydroxylation sites is 1. The smallest absolute Gasteiger partial charge is 0.152 e. The third-order valence-corrected chi connectivity index (χ3v) is 19.1. The number of hydrogen-bond donors (Lipinski definition) is 0. The Bertz CT molecular complexity index is 4760. The van der Waals surface area contributed by atoms with Crippen LogP contribution in [0.1, 0.15) is 60.3 Å². The normalized spacial score (nSPS) is 13.2. The molecule has 0 atom stereocenters. The third kappa shape index (κ3) is 8.93. The predicted molar refractivity (Wildman–Crippen MR) is 372 cm³/mol. The summed E-state index contributed by atoms with van der Waals surface area (Å²) in [6, 6.07) is 110. The number of aromatic nitrogens is 1. The van der Waals surface area contributed by atoms with Crippen molar-refractivity contribution in [3.8, 4) is 72.4 Å². The van der Waals surface area contributed by atoms with Gasteiger partial charge in [0.1, 0.15) is 0 Å². The van der Waals surface area contributed by atoms with Crippen molar-refractivity contribution in [1.29, 1.82) is 0 Å². The maximum absolute atomic E-state index is 12.8. The highest BCUT2D eigenvalue weighted by molar-refractivity contribution is 6.12. The Morgan fingerprint density at radius 2 is 0.596 bits per heavy atom. The molecule has 0 radical (unpaired) electrons. The molecule has 89 heavy (non-hydrogen) atoms. The zero-order chi connectivity index (χ0) is 60.0. The van der Waals surface area contributed by atoms with Crippen molar-refractivity contribution in [3.05, 3.63) is 331 Å². The Hall–Kier alpha value is -11.1. The first-order valence-electron chi connectivity index (χ1n) is 30.8. The molecule has 0 spiro atoms. The van der Waals surface area contributed by atoms with Crippen LogP contribution in [0.3, 0.4) is 0 Å². The summed E-state index contributed by atoms with van der Waals surface area (Å²) in [5, 5.41) is 2.21. The van der Waals surface area contributed by atoms with E-state index in [-0.39, 0.29) is 10.8 Å². The summed E-state index contributed by atoms with van der Waals surface area (Å²) in [4.78, 5) is 17.5. The van der Waals surface area contributed by atoms with E-state index in [1.165, 1.54) is 66.8 Å². The molecule has 0 amide bonds. The summed E-state index contributed by atoms with van der Waals surface area (Å²) in [5.41, 5.74) is 29.6. The molecule has 0 fully saturated rings. The van der Waals surface area contributed by atoms with E-state index in [9.17, 15) is 4.79 Å². The fourth-order valence-electron chi connectivity index (χ4n) is 14.5. The van der Waals surface area contributed by atoms with Gasteiger partial charge in [0, 0.05) is 61.3 Å². The van der Waals surface area contributed by atoms with Crippen LogP contribution < -0.4 is 9.80 Å². The van der Waals surface area contributed by atoms with Gasteiger partial charge in [-0.05, 0) is 198 Å². The van der Waals surface area contributed by atoms with Gasteiger partial charge in [0.25, 0.3) is 0 Å². The summed E-state index contributed by atoms with van der Waals surface area (Å²) in [6.07, 6.45) is 0.964. The first kappa shape index (κ1) is 53.4. The lowest BCUT2D eigenvalue weighted by atomic mass is 9.82. The average Bonchev–Trinajstić information content (AvgIpc) is 1.65. The molecule has 0 aliphatic heterocycles. The van der Waals surface area contributed by atoms with Gasteiger partial charge >= 0.3 is 0 Å². The molecule has 0 bridgehead atoms. The Balaban J connectivity index is 0.779. The number of anilines is 6. The van der Waals surface area contributed by atoms with Crippen LogP contribution in [0.5, 0.6) is 0 Å². The lowest BCUT2D eigenvalue weighted by molar-refractivity contribution is 0.112. The van der Waals surface area contributed by atoms with Crippen LogP contribution >= 0.6 is 0 Å². The van der Waals surface area contributed by atoms with Gasteiger partial charge in [-0.15, -0.1) is 0 Å². The molecule has 0 N–H and O–H groups in total. The van der Waals surface area contributed by atoms with Gasteiger partial charge in [-0.3, -0.25) is 4.79 Å². The van der Waals surface area contributed by atoms with Crippen molar-refractivity contribution in [2.45, 2.75) is 38.5 Å². The molecule has 4 nitrogen and oxygen atoms in total. The molecule has 2 aliphatic rings. The Morgan fingerprint density at radius 3 is 1.00 bits per heavy atom. The zero-order valence-electron chi connectivity index (χ0n) is 50.2. The molecule has 16 rings (SSSR count). The third-order valence-electron chi connectivity index (χ3n) is 19.1. The monoisotopic (exact) mass is 1140 g/mol. The fourth-order valence-corrected chi connectivity index (χ4v) is 14.5. The molecule has 2 aliphatic carbocycles. The molecule has 4 heteroatoms. The van der Waals surface area contributed by atoms with E-state index in [0.717, 1.165) is 90.2 Å². The molecule has 13 aromatic carbocycles. The van der Waals surface area contributed by atoms with Crippen LogP contribution in [0.25, 0.3) is 94.3 Å². The minimum atomic E-state index is -0.147. The van der Waals surface area contributed by atoms with Crippen LogP contribution in [0.2, 0.25) is 0 Å². The number of benzene rings is 13. The molecule has 0 saturated heterocycles. The quantitative estimate of drug-likeness (QED) is 0.114. The van der Waals surface area contributed by atoms with E-state index in [1.54, 1.807) is 0 Å². The van der Waals surface area contributed by atoms with Crippen molar-refractivity contribution in [1.82, 2.24) is 4.57 Å². The topological polar surface area (TPSA) is 28.5 Å². The zero-order valence-corrected chi connectivity index (χ0v) is 50.2. The highest BCUT2D eigenvalue weighted by atomic mass is 16.1. The van der Waals surface area contributed by atoms with Crippen LogP contribution in [-0.4, -0.2) is 10.9 Å². The first-order chi connectivity index (χ1) is 43.6. The molecular weight excluding hydrogens is 1080 g/mol. The molecule has 1 heterocycles. The van der Waals surface area contributed by atoms with Crippen LogP contribution in [-0.2, 0) is 10.8 Å².